The number of benzene rings is 1. The number of aromatic nitrogens is 2. The van der Waals surface area contributed by atoms with Gasteiger partial charge in [0.15, 0.2) is 11.6 Å². The first-order valence-electron chi connectivity index (χ1n) is 8.95. The van der Waals surface area contributed by atoms with E-state index in [1.165, 1.54) is 12.1 Å². The summed E-state index contributed by atoms with van der Waals surface area (Å²) in [6.07, 6.45) is 9.58. The maximum atomic E-state index is 14.2. The summed E-state index contributed by atoms with van der Waals surface area (Å²) in [6, 6.07) is 4.53. The minimum absolute atomic E-state index is 0.0399. The second-order valence-corrected chi connectivity index (χ2v) is 6.07. The van der Waals surface area contributed by atoms with Crippen LogP contribution in [0.25, 0.3) is 11.1 Å². The lowest BCUT2D eigenvalue weighted by atomic mass is 10.1. The van der Waals surface area contributed by atoms with E-state index >= 15 is 0 Å². The standard InChI is InChI=1S/C20H25FN2O2/c1-3-5-7-8-19-22-13-16(14-23-19)15-10-11-18(17(21)12-15)25-20(24)9-6-4-2/h10-14H,3-9H2,1-2H3. The number of rotatable bonds is 9. The highest BCUT2D eigenvalue weighted by Crippen LogP contribution is 2.25. The number of ether oxygens (including phenoxy) is 1. The molecule has 2 rings (SSSR count). The summed E-state index contributed by atoms with van der Waals surface area (Å²) in [6.45, 7) is 4.14. The van der Waals surface area contributed by atoms with E-state index in [2.05, 4.69) is 16.9 Å². The van der Waals surface area contributed by atoms with Gasteiger partial charge < -0.3 is 4.74 Å². The highest BCUT2D eigenvalue weighted by Gasteiger charge is 2.11. The van der Waals surface area contributed by atoms with Gasteiger partial charge in [0.25, 0.3) is 0 Å². The van der Waals surface area contributed by atoms with Crippen molar-refractivity contribution in [3.8, 4) is 16.9 Å². The van der Waals surface area contributed by atoms with Crippen LogP contribution in [0.4, 0.5) is 4.39 Å². The van der Waals surface area contributed by atoms with Crippen molar-refractivity contribution in [1.29, 1.82) is 0 Å². The zero-order chi connectivity index (χ0) is 18.1. The molecule has 0 aliphatic carbocycles. The van der Waals surface area contributed by atoms with Crippen molar-refractivity contribution in [2.75, 3.05) is 0 Å². The molecule has 0 spiro atoms. The quantitative estimate of drug-likeness (QED) is 0.360. The summed E-state index contributed by atoms with van der Waals surface area (Å²) >= 11 is 0. The van der Waals surface area contributed by atoms with Gasteiger partial charge in [-0.2, -0.15) is 0 Å². The number of carbonyl (C=O) groups is 1. The van der Waals surface area contributed by atoms with Crippen molar-refractivity contribution in [1.82, 2.24) is 9.97 Å². The van der Waals surface area contributed by atoms with Gasteiger partial charge in [0.05, 0.1) is 0 Å². The van der Waals surface area contributed by atoms with Crippen LogP contribution in [0.5, 0.6) is 5.75 Å². The van der Waals surface area contributed by atoms with Crippen molar-refractivity contribution < 1.29 is 13.9 Å². The average molecular weight is 344 g/mol. The SMILES string of the molecule is CCCCCc1ncc(-c2ccc(OC(=O)CCCC)c(F)c2)cn1. The Bertz CT molecular complexity index is 687. The topological polar surface area (TPSA) is 52.1 Å². The second-order valence-electron chi connectivity index (χ2n) is 6.07. The molecule has 1 heterocycles. The predicted molar refractivity (Wildman–Crippen MR) is 95.8 cm³/mol. The molecule has 0 amide bonds. The van der Waals surface area contributed by atoms with E-state index in [0.29, 0.717) is 12.0 Å². The molecule has 0 fully saturated rings. The summed E-state index contributed by atoms with van der Waals surface area (Å²) in [5.41, 5.74) is 1.40. The van der Waals surface area contributed by atoms with Crippen molar-refractivity contribution in [2.24, 2.45) is 0 Å². The van der Waals surface area contributed by atoms with E-state index in [1.807, 2.05) is 6.92 Å². The molecule has 0 aliphatic heterocycles. The molecular formula is C20H25FN2O2. The summed E-state index contributed by atoms with van der Waals surface area (Å²) in [5, 5.41) is 0. The van der Waals surface area contributed by atoms with Crippen LogP contribution >= 0.6 is 0 Å². The Balaban J connectivity index is 2.03. The van der Waals surface area contributed by atoms with Crippen LogP contribution in [0, 0.1) is 5.82 Å². The average Bonchev–Trinajstić information content (AvgIpc) is 2.62. The first kappa shape index (κ1) is 19.0. The first-order chi connectivity index (χ1) is 12.1. The zero-order valence-electron chi connectivity index (χ0n) is 14.9. The van der Waals surface area contributed by atoms with Crippen molar-refractivity contribution in [3.05, 3.63) is 42.2 Å². The number of esters is 1. The molecule has 25 heavy (non-hydrogen) atoms. The number of hydrogen-bond donors (Lipinski definition) is 0. The van der Waals surface area contributed by atoms with Crippen LogP contribution in [-0.2, 0) is 11.2 Å². The summed E-state index contributed by atoms with van der Waals surface area (Å²) in [4.78, 5) is 20.3. The predicted octanol–water partition coefficient (Wildman–Crippen LogP) is 5.11. The maximum absolute atomic E-state index is 14.2. The van der Waals surface area contributed by atoms with E-state index in [0.717, 1.165) is 49.9 Å². The van der Waals surface area contributed by atoms with E-state index in [9.17, 15) is 9.18 Å². The largest absolute Gasteiger partial charge is 0.423 e. The van der Waals surface area contributed by atoms with Gasteiger partial charge in [-0.3, -0.25) is 4.79 Å². The lowest BCUT2D eigenvalue weighted by Gasteiger charge is -2.07. The Morgan fingerprint density at radius 2 is 1.76 bits per heavy atom. The highest BCUT2D eigenvalue weighted by atomic mass is 19.1. The molecule has 0 aliphatic rings. The number of carbonyl (C=O) groups excluding carboxylic acids is 1. The third-order valence-electron chi connectivity index (χ3n) is 3.93. The molecule has 0 saturated carbocycles. The lowest BCUT2D eigenvalue weighted by molar-refractivity contribution is -0.134. The molecule has 0 saturated heterocycles. The molecule has 1 aromatic heterocycles. The first-order valence-corrected chi connectivity index (χ1v) is 8.95. The molecule has 2 aromatic rings. The summed E-state index contributed by atoms with van der Waals surface area (Å²) in [7, 11) is 0. The van der Waals surface area contributed by atoms with Gasteiger partial charge in [-0.25, -0.2) is 14.4 Å². The third kappa shape index (κ3) is 5.93. The Kier molecular flexibility index (Phi) is 7.51. The van der Waals surface area contributed by atoms with Crippen molar-refractivity contribution in [2.45, 2.75) is 58.8 Å². The minimum Gasteiger partial charge on any atom is -0.423 e. The maximum Gasteiger partial charge on any atom is 0.311 e. The van der Waals surface area contributed by atoms with Gasteiger partial charge in [-0.15, -0.1) is 0 Å². The molecule has 134 valence electrons. The monoisotopic (exact) mass is 344 g/mol. The van der Waals surface area contributed by atoms with Gasteiger partial charge in [-0.05, 0) is 30.5 Å². The van der Waals surface area contributed by atoms with E-state index in [4.69, 9.17) is 4.74 Å². The van der Waals surface area contributed by atoms with Gasteiger partial charge in [0.1, 0.15) is 5.82 Å². The van der Waals surface area contributed by atoms with Crippen LogP contribution < -0.4 is 4.74 Å². The summed E-state index contributed by atoms with van der Waals surface area (Å²) < 4.78 is 19.3. The number of nitrogens with zero attached hydrogens (tertiary/aromatic N) is 2. The van der Waals surface area contributed by atoms with E-state index < -0.39 is 11.8 Å². The molecular weight excluding hydrogens is 319 g/mol. The van der Waals surface area contributed by atoms with Crippen molar-refractivity contribution in [3.63, 3.8) is 0 Å². The molecule has 0 radical (unpaired) electrons. The fraction of sp³-hybridized carbons (Fsp3) is 0.450. The lowest BCUT2D eigenvalue weighted by Crippen LogP contribution is -2.08. The third-order valence-corrected chi connectivity index (χ3v) is 3.93. The zero-order valence-corrected chi connectivity index (χ0v) is 14.9. The Morgan fingerprint density at radius 3 is 2.40 bits per heavy atom. The van der Waals surface area contributed by atoms with Crippen LogP contribution in [0.1, 0.15) is 58.2 Å². The van der Waals surface area contributed by atoms with Gasteiger partial charge in [0.2, 0.25) is 0 Å². The van der Waals surface area contributed by atoms with Crippen LogP contribution in [0.15, 0.2) is 30.6 Å². The normalized spacial score (nSPS) is 10.7. The fourth-order valence-electron chi connectivity index (χ4n) is 2.42. The fourth-order valence-corrected chi connectivity index (χ4v) is 2.42. The highest BCUT2D eigenvalue weighted by molar-refractivity contribution is 5.73. The van der Waals surface area contributed by atoms with Crippen LogP contribution in [0.3, 0.4) is 0 Å². The molecule has 1 aromatic carbocycles. The molecule has 4 nitrogen and oxygen atoms in total. The minimum atomic E-state index is -0.561. The second kappa shape index (κ2) is 9.87. The molecule has 5 heteroatoms. The Morgan fingerprint density at radius 1 is 1.04 bits per heavy atom. The molecule has 0 unspecified atom stereocenters. The van der Waals surface area contributed by atoms with Crippen molar-refractivity contribution >= 4 is 5.97 Å². The van der Waals surface area contributed by atoms with E-state index in [1.54, 1.807) is 18.5 Å². The number of halogens is 1. The van der Waals surface area contributed by atoms with Gasteiger partial charge >= 0.3 is 5.97 Å². The Hall–Kier alpha value is -2.30. The summed E-state index contributed by atoms with van der Waals surface area (Å²) in [5.74, 6) is -0.205. The van der Waals surface area contributed by atoms with Crippen LogP contribution in [-0.4, -0.2) is 15.9 Å². The number of unbranched alkanes of at least 4 members (excludes halogenated alkanes) is 3. The van der Waals surface area contributed by atoms with Crippen LogP contribution in [0.2, 0.25) is 0 Å². The Labute approximate surface area is 148 Å². The van der Waals surface area contributed by atoms with Gasteiger partial charge in [0, 0.05) is 30.8 Å². The molecule has 0 N–H and O–H groups in total. The number of aryl methyl sites for hydroxylation is 1. The van der Waals surface area contributed by atoms with Gasteiger partial charge in [-0.1, -0.05) is 39.2 Å². The number of hydrogen-bond acceptors (Lipinski definition) is 4. The smallest absolute Gasteiger partial charge is 0.311 e. The molecule has 0 atom stereocenters. The molecule has 0 bridgehead atoms. The van der Waals surface area contributed by atoms with E-state index in [-0.39, 0.29) is 5.75 Å².